The summed E-state index contributed by atoms with van der Waals surface area (Å²) < 4.78 is 13.8. The third-order valence-corrected chi connectivity index (χ3v) is 5.37. The Morgan fingerprint density at radius 2 is 2.05 bits per heavy atom. The van der Waals surface area contributed by atoms with Crippen molar-refractivity contribution in [3.8, 4) is 0 Å². The van der Waals surface area contributed by atoms with Gasteiger partial charge in [-0.05, 0) is 57.0 Å². The molecule has 2 nitrogen and oxygen atoms in total. The summed E-state index contributed by atoms with van der Waals surface area (Å²) in [5.74, 6) is -0.0324. The van der Waals surface area contributed by atoms with Crippen LogP contribution in [0.15, 0.2) is 18.2 Å². The normalized spacial score (nSPS) is 24.3. The molecule has 0 aromatic heterocycles. The van der Waals surface area contributed by atoms with Gasteiger partial charge in [0.15, 0.2) is 0 Å². The number of hydrogen-bond donors (Lipinski definition) is 1. The number of nitrogens with zero attached hydrogens (tertiary/aromatic N) is 1. The summed E-state index contributed by atoms with van der Waals surface area (Å²) in [5.41, 5.74) is 2.41. The van der Waals surface area contributed by atoms with Crippen molar-refractivity contribution >= 4 is 0 Å². The molecule has 0 aliphatic heterocycles. The quantitative estimate of drug-likeness (QED) is 0.908. The second-order valence-electron chi connectivity index (χ2n) is 6.61. The molecule has 2 aliphatic carbocycles. The van der Waals surface area contributed by atoms with E-state index in [-0.39, 0.29) is 5.82 Å². The van der Waals surface area contributed by atoms with Crippen LogP contribution in [0.2, 0.25) is 0 Å². The Bertz CT molecular complexity index is 478. The molecular formula is C17H25FN2. The first-order chi connectivity index (χ1) is 9.62. The molecule has 1 aromatic rings. The zero-order valence-corrected chi connectivity index (χ0v) is 12.6. The molecule has 1 aromatic carbocycles. The van der Waals surface area contributed by atoms with Crippen LogP contribution in [0.25, 0.3) is 0 Å². The summed E-state index contributed by atoms with van der Waals surface area (Å²) in [7, 11) is 4.38. The van der Waals surface area contributed by atoms with Crippen LogP contribution in [0.3, 0.4) is 0 Å². The molecule has 0 amide bonds. The lowest BCUT2D eigenvalue weighted by Crippen LogP contribution is -2.50. The standard InChI is InChI=1S/C17H25FN2/c1-20(2)17(10-3-4-11-17)12-19-16-9-8-13-14(16)6-5-7-15(13)18/h5-7,16,19H,3-4,8-12H2,1-2H3. The molecule has 0 heterocycles. The summed E-state index contributed by atoms with van der Waals surface area (Å²) in [6.45, 7) is 1.01. The maximum atomic E-state index is 13.8. The summed E-state index contributed by atoms with van der Waals surface area (Å²) in [4.78, 5) is 2.38. The first-order valence-electron chi connectivity index (χ1n) is 7.80. The number of fused-ring (bicyclic) bond motifs is 1. The van der Waals surface area contributed by atoms with Crippen LogP contribution in [-0.4, -0.2) is 31.1 Å². The zero-order valence-electron chi connectivity index (χ0n) is 12.6. The second kappa shape index (κ2) is 5.45. The van der Waals surface area contributed by atoms with E-state index in [1.807, 2.05) is 6.07 Å². The molecule has 20 heavy (non-hydrogen) atoms. The van der Waals surface area contributed by atoms with Gasteiger partial charge >= 0.3 is 0 Å². The van der Waals surface area contributed by atoms with Crippen LogP contribution in [0.5, 0.6) is 0 Å². The van der Waals surface area contributed by atoms with Gasteiger partial charge in [-0.2, -0.15) is 0 Å². The SMILES string of the molecule is CN(C)C1(CNC2CCc3c(F)cccc32)CCCC1. The second-order valence-corrected chi connectivity index (χ2v) is 6.61. The van der Waals surface area contributed by atoms with Crippen LogP contribution >= 0.6 is 0 Å². The Hall–Kier alpha value is -0.930. The molecular weight excluding hydrogens is 251 g/mol. The van der Waals surface area contributed by atoms with Crippen molar-refractivity contribution in [3.05, 3.63) is 35.1 Å². The van der Waals surface area contributed by atoms with E-state index in [0.717, 1.165) is 24.9 Å². The summed E-state index contributed by atoms with van der Waals surface area (Å²) >= 11 is 0. The van der Waals surface area contributed by atoms with Crippen molar-refractivity contribution in [1.82, 2.24) is 10.2 Å². The van der Waals surface area contributed by atoms with Gasteiger partial charge in [0.25, 0.3) is 0 Å². The van der Waals surface area contributed by atoms with E-state index >= 15 is 0 Å². The van der Waals surface area contributed by atoms with E-state index in [4.69, 9.17) is 0 Å². The largest absolute Gasteiger partial charge is 0.308 e. The monoisotopic (exact) mass is 276 g/mol. The average Bonchev–Trinajstić information content (AvgIpc) is 3.04. The van der Waals surface area contributed by atoms with Gasteiger partial charge < -0.3 is 10.2 Å². The number of hydrogen-bond acceptors (Lipinski definition) is 2. The predicted molar refractivity (Wildman–Crippen MR) is 80.4 cm³/mol. The molecule has 0 saturated heterocycles. The first kappa shape index (κ1) is 14.0. The minimum absolute atomic E-state index is 0.0324. The molecule has 110 valence electrons. The molecule has 1 saturated carbocycles. The fourth-order valence-corrected chi connectivity index (χ4v) is 3.95. The van der Waals surface area contributed by atoms with Crippen LogP contribution in [0.1, 0.15) is 49.3 Å². The minimum atomic E-state index is -0.0324. The lowest BCUT2D eigenvalue weighted by molar-refractivity contribution is 0.149. The number of rotatable bonds is 4. The van der Waals surface area contributed by atoms with Gasteiger partial charge in [-0.25, -0.2) is 4.39 Å². The summed E-state index contributed by atoms with van der Waals surface area (Å²) in [6.07, 6.45) is 7.10. The Labute approximate surface area is 121 Å². The van der Waals surface area contributed by atoms with E-state index in [9.17, 15) is 4.39 Å². The van der Waals surface area contributed by atoms with E-state index < -0.39 is 0 Å². The van der Waals surface area contributed by atoms with Crippen molar-refractivity contribution in [3.63, 3.8) is 0 Å². The Balaban J connectivity index is 1.70. The Morgan fingerprint density at radius 1 is 1.30 bits per heavy atom. The zero-order chi connectivity index (χ0) is 14.2. The minimum Gasteiger partial charge on any atom is -0.308 e. The fraction of sp³-hybridized carbons (Fsp3) is 0.647. The van der Waals surface area contributed by atoms with Crippen LogP contribution in [0.4, 0.5) is 4.39 Å². The van der Waals surface area contributed by atoms with Gasteiger partial charge in [-0.1, -0.05) is 25.0 Å². The number of nitrogens with one attached hydrogen (secondary N) is 1. The van der Waals surface area contributed by atoms with Crippen LogP contribution < -0.4 is 5.32 Å². The van der Waals surface area contributed by atoms with Crippen LogP contribution in [-0.2, 0) is 6.42 Å². The van der Waals surface area contributed by atoms with Crippen molar-refractivity contribution in [2.75, 3.05) is 20.6 Å². The van der Waals surface area contributed by atoms with Gasteiger partial charge in [0, 0.05) is 18.1 Å². The molecule has 2 aliphatic rings. The average molecular weight is 276 g/mol. The van der Waals surface area contributed by atoms with Gasteiger partial charge in [-0.3, -0.25) is 0 Å². The summed E-state index contributed by atoms with van der Waals surface area (Å²) in [5, 5.41) is 3.72. The topological polar surface area (TPSA) is 15.3 Å². The van der Waals surface area contributed by atoms with Crippen molar-refractivity contribution in [2.24, 2.45) is 0 Å². The fourth-order valence-electron chi connectivity index (χ4n) is 3.95. The molecule has 0 bridgehead atoms. The van der Waals surface area contributed by atoms with Gasteiger partial charge in [0.1, 0.15) is 5.82 Å². The molecule has 1 fully saturated rings. The maximum absolute atomic E-state index is 13.8. The molecule has 1 N–H and O–H groups in total. The molecule has 1 unspecified atom stereocenters. The Morgan fingerprint density at radius 3 is 2.75 bits per heavy atom. The smallest absolute Gasteiger partial charge is 0.126 e. The van der Waals surface area contributed by atoms with Gasteiger partial charge in [-0.15, -0.1) is 0 Å². The molecule has 1 atom stereocenters. The molecule has 0 radical (unpaired) electrons. The lowest BCUT2D eigenvalue weighted by atomic mass is 9.95. The van der Waals surface area contributed by atoms with E-state index in [1.165, 1.54) is 31.2 Å². The maximum Gasteiger partial charge on any atom is 0.126 e. The third-order valence-electron chi connectivity index (χ3n) is 5.37. The number of benzene rings is 1. The van der Waals surface area contributed by atoms with Crippen molar-refractivity contribution < 1.29 is 4.39 Å². The Kier molecular flexibility index (Phi) is 3.83. The van der Waals surface area contributed by atoms with Crippen LogP contribution in [0, 0.1) is 5.82 Å². The molecule has 3 heteroatoms. The van der Waals surface area contributed by atoms with Gasteiger partial charge in [0.05, 0.1) is 0 Å². The number of halogens is 1. The van der Waals surface area contributed by atoms with E-state index in [2.05, 4.69) is 30.4 Å². The lowest BCUT2D eigenvalue weighted by Gasteiger charge is -2.37. The predicted octanol–water partition coefficient (Wildman–Crippen LogP) is 3.28. The summed E-state index contributed by atoms with van der Waals surface area (Å²) in [6, 6.07) is 5.84. The highest BCUT2D eigenvalue weighted by Crippen LogP contribution is 2.36. The van der Waals surface area contributed by atoms with Crippen molar-refractivity contribution in [1.29, 1.82) is 0 Å². The number of likely N-dealkylation sites (N-methyl/N-ethyl adjacent to an activating group) is 1. The highest BCUT2D eigenvalue weighted by molar-refractivity contribution is 5.35. The molecule has 0 spiro atoms. The highest BCUT2D eigenvalue weighted by Gasteiger charge is 2.37. The van der Waals surface area contributed by atoms with E-state index in [1.54, 1.807) is 6.07 Å². The first-order valence-corrected chi connectivity index (χ1v) is 7.80. The highest BCUT2D eigenvalue weighted by atomic mass is 19.1. The van der Waals surface area contributed by atoms with Gasteiger partial charge in [0.2, 0.25) is 0 Å². The van der Waals surface area contributed by atoms with Crippen molar-refractivity contribution in [2.45, 2.75) is 50.1 Å². The molecule has 3 rings (SSSR count). The van der Waals surface area contributed by atoms with E-state index in [0.29, 0.717) is 11.6 Å². The third kappa shape index (κ3) is 2.38.